The Bertz CT molecular complexity index is 609. The van der Waals surface area contributed by atoms with Crippen molar-refractivity contribution in [2.45, 2.75) is 90.8 Å². The summed E-state index contributed by atoms with van der Waals surface area (Å²) in [7, 11) is 2.08. The van der Waals surface area contributed by atoms with Crippen LogP contribution >= 0.6 is 0 Å². The van der Waals surface area contributed by atoms with Gasteiger partial charge in [0.2, 0.25) is 0 Å². The first kappa shape index (κ1) is 25.4. The Morgan fingerprint density at radius 3 is 2.53 bits per heavy atom. The highest BCUT2D eigenvalue weighted by molar-refractivity contribution is 5.40. The van der Waals surface area contributed by atoms with E-state index in [9.17, 15) is 0 Å². The highest BCUT2D eigenvalue weighted by Crippen LogP contribution is 2.43. The Balaban J connectivity index is 2.20. The molecule has 3 nitrogen and oxygen atoms in total. The molecule has 2 aliphatic carbocycles. The van der Waals surface area contributed by atoms with Crippen LogP contribution in [0.25, 0.3) is 0 Å². The van der Waals surface area contributed by atoms with Gasteiger partial charge in [0.15, 0.2) is 0 Å². The molecular weight excluding hydrogens is 366 g/mol. The molecule has 5 N–H and O–H groups in total. The standard InChI is InChI=1S/C27H49N3/c1-8-21(16-19(5)30-7)23-12-11-22(18(4)15-23)17-24-13-14-26(28)25(9-2)20(6)27(24,29)10-3/h10,13-14,17-23,25-26,30H,3,8-9,11-12,15-16,28-29H2,1-2,4-7H3/b24-17-. The molecule has 0 heterocycles. The smallest absolute Gasteiger partial charge is 0.0618 e. The average molecular weight is 416 g/mol. The van der Waals surface area contributed by atoms with Crippen LogP contribution in [0.5, 0.6) is 0 Å². The van der Waals surface area contributed by atoms with Gasteiger partial charge in [-0.15, -0.1) is 6.58 Å². The average Bonchev–Trinajstić information content (AvgIpc) is 2.83. The van der Waals surface area contributed by atoms with Crippen molar-refractivity contribution in [3.05, 3.63) is 36.5 Å². The van der Waals surface area contributed by atoms with E-state index in [2.05, 4.69) is 71.8 Å². The fraction of sp³-hybridized carbons (Fsp3) is 0.778. The molecule has 1 fully saturated rings. The van der Waals surface area contributed by atoms with E-state index in [1.54, 1.807) is 0 Å². The van der Waals surface area contributed by atoms with E-state index in [0.29, 0.717) is 23.8 Å². The van der Waals surface area contributed by atoms with Gasteiger partial charge in [-0.3, -0.25) is 0 Å². The SMILES string of the molecule is C=CC1(N)/C(=C\C2CCC(C(CC)CC(C)NC)CC2C)C=CC(N)C(CC)C1C. The van der Waals surface area contributed by atoms with Crippen LogP contribution in [-0.4, -0.2) is 24.7 Å². The third kappa shape index (κ3) is 5.47. The molecule has 0 aromatic heterocycles. The van der Waals surface area contributed by atoms with Crippen LogP contribution in [0.1, 0.15) is 73.1 Å². The first-order valence-electron chi connectivity index (χ1n) is 12.5. The largest absolute Gasteiger partial charge is 0.324 e. The molecular formula is C27H49N3. The molecule has 0 aromatic rings. The number of hydrogen-bond acceptors (Lipinski definition) is 3. The van der Waals surface area contributed by atoms with Gasteiger partial charge in [-0.2, -0.15) is 0 Å². The van der Waals surface area contributed by atoms with Crippen molar-refractivity contribution in [2.75, 3.05) is 7.05 Å². The normalized spacial score (nSPS) is 40.7. The third-order valence-electron chi connectivity index (χ3n) is 8.71. The molecule has 0 aromatic carbocycles. The summed E-state index contributed by atoms with van der Waals surface area (Å²) in [5, 5.41) is 3.43. The van der Waals surface area contributed by atoms with Crippen molar-refractivity contribution in [3.63, 3.8) is 0 Å². The summed E-state index contributed by atoms with van der Waals surface area (Å²) >= 11 is 0. The van der Waals surface area contributed by atoms with E-state index in [1.807, 2.05) is 6.08 Å². The quantitative estimate of drug-likeness (QED) is 0.463. The van der Waals surface area contributed by atoms with Gasteiger partial charge in [0, 0.05) is 12.1 Å². The van der Waals surface area contributed by atoms with Crippen molar-refractivity contribution < 1.29 is 0 Å². The number of nitrogens with one attached hydrogen (secondary N) is 1. The molecule has 172 valence electrons. The Kier molecular flexibility index (Phi) is 9.39. The predicted molar refractivity (Wildman–Crippen MR) is 132 cm³/mol. The summed E-state index contributed by atoms with van der Waals surface area (Å²) in [6.45, 7) is 15.7. The molecule has 0 radical (unpaired) electrons. The zero-order valence-corrected chi connectivity index (χ0v) is 20.5. The minimum atomic E-state index is -0.504. The molecule has 0 spiro atoms. The molecule has 2 rings (SSSR count). The lowest BCUT2D eigenvalue weighted by molar-refractivity contribution is 0.152. The topological polar surface area (TPSA) is 64.1 Å². The molecule has 3 heteroatoms. The lowest BCUT2D eigenvalue weighted by Gasteiger charge is -2.41. The second kappa shape index (κ2) is 11.1. The van der Waals surface area contributed by atoms with Crippen LogP contribution in [-0.2, 0) is 0 Å². The molecule has 0 amide bonds. The van der Waals surface area contributed by atoms with Gasteiger partial charge in [-0.05, 0) is 80.7 Å². The molecule has 0 bridgehead atoms. The Labute approximate surface area is 186 Å². The van der Waals surface area contributed by atoms with Gasteiger partial charge in [0.25, 0.3) is 0 Å². The number of nitrogens with two attached hydrogens (primary N) is 2. The van der Waals surface area contributed by atoms with Gasteiger partial charge in [-0.1, -0.05) is 64.8 Å². The number of hydrogen-bond donors (Lipinski definition) is 3. The van der Waals surface area contributed by atoms with E-state index < -0.39 is 5.54 Å². The molecule has 2 aliphatic rings. The second-order valence-corrected chi connectivity index (χ2v) is 10.4. The first-order valence-corrected chi connectivity index (χ1v) is 12.5. The van der Waals surface area contributed by atoms with Crippen LogP contribution in [0.4, 0.5) is 0 Å². The minimum Gasteiger partial charge on any atom is -0.324 e. The van der Waals surface area contributed by atoms with Crippen molar-refractivity contribution in [1.29, 1.82) is 0 Å². The Morgan fingerprint density at radius 1 is 1.30 bits per heavy atom. The zero-order chi connectivity index (χ0) is 22.5. The third-order valence-corrected chi connectivity index (χ3v) is 8.71. The van der Waals surface area contributed by atoms with E-state index in [0.717, 1.165) is 18.3 Å². The van der Waals surface area contributed by atoms with Crippen molar-refractivity contribution >= 4 is 0 Å². The molecule has 0 saturated heterocycles. The van der Waals surface area contributed by atoms with Crippen molar-refractivity contribution in [3.8, 4) is 0 Å². The number of rotatable bonds is 8. The van der Waals surface area contributed by atoms with Gasteiger partial charge in [0.05, 0.1) is 5.54 Å². The van der Waals surface area contributed by atoms with E-state index >= 15 is 0 Å². The molecule has 30 heavy (non-hydrogen) atoms. The van der Waals surface area contributed by atoms with Gasteiger partial charge in [-0.25, -0.2) is 0 Å². The lowest BCUT2D eigenvalue weighted by Crippen LogP contribution is -2.50. The zero-order valence-electron chi connectivity index (χ0n) is 20.5. The van der Waals surface area contributed by atoms with Crippen LogP contribution < -0.4 is 16.8 Å². The van der Waals surface area contributed by atoms with E-state index in [4.69, 9.17) is 11.5 Å². The fourth-order valence-corrected chi connectivity index (χ4v) is 6.21. The van der Waals surface area contributed by atoms with Gasteiger partial charge >= 0.3 is 0 Å². The summed E-state index contributed by atoms with van der Waals surface area (Å²) in [6.07, 6.45) is 16.4. The Morgan fingerprint density at radius 2 is 2.00 bits per heavy atom. The van der Waals surface area contributed by atoms with Gasteiger partial charge in [0.1, 0.15) is 0 Å². The molecule has 1 saturated carbocycles. The molecule has 9 unspecified atom stereocenters. The maximum absolute atomic E-state index is 7.00. The van der Waals surface area contributed by atoms with Crippen molar-refractivity contribution in [2.24, 2.45) is 47.0 Å². The van der Waals surface area contributed by atoms with Crippen molar-refractivity contribution in [1.82, 2.24) is 5.32 Å². The fourth-order valence-electron chi connectivity index (χ4n) is 6.21. The highest BCUT2D eigenvalue weighted by atomic mass is 14.8. The summed E-state index contributed by atoms with van der Waals surface area (Å²) in [6, 6.07) is 0.662. The highest BCUT2D eigenvalue weighted by Gasteiger charge is 2.40. The summed E-state index contributed by atoms with van der Waals surface area (Å²) in [5.74, 6) is 3.60. The molecule has 9 atom stereocenters. The minimum absolute atomic E-state index is 0.0615. The first-order chi connectivity index (χ1) is 14.2. The summed E-state index contributed by atoms with van der Waals surface area (Å²) in [5.41, 5.74) is 14.2. The van der Waals surface area contributed by atoms with Crippen LogP contribution in [0.15, 0.2) is 36.5 Å². The van der Waals surface area contributed by atoms with Crippen LogP contribution in [0, 0.1) is 35.5 Å². The maximum atomic E-state index is 7.00. The van der Waals surface area contributed by atoms with E-state index in [1.165, 1.54) is 37.7 Å². The van der Waals surface area contributed by atoms with Gasteiger partial charge < -0.3 is 16.8 Å². The maximum Gasteiger partial charge on any atom is 0.0618 e. The van der Waals surface area contributed by atoms with E-state index in [-0.39, 0.29) is 12.0 Å². The Hall–Kier alpha value is -0.900. The summed E-state index contributed by atoms with van der Waals surface area (Å²) in [4.78, 5) is 0. The predicted octanol–water partition coefficient (Wildman–Crippen LogP) is 5.43. The van der Waals surface area contributed by atoms with Crippen LogP contribution in [0.3, 0.4) is 0 Å². The molecule has 0 aliphatic heterocycles. The number of allylic oxidation sites excluding steroid dienone is 1. The summed E-state index contributed by atoms with van der Waals surface area (Å²) < 4.78 is 0. The lowest BCUT2D eigenvalue weighted by atomic mass is 9.67. The van der Waals surface area contributed by atoms with Crippen LogP contribution in [0.2, 0.25) is 0 Å². The monoisotopic (exact) mass is 415 g/mol. The second-order valence-electron chi connectivity index (χ2n) is 10.4.